The summed E-state index contributed by atoms with van der Waals surface area (Å²) in [6.07, 6.45) is 7.55. The Morgan fingerprint density at radius 1 is 1.57 bits per heavy atom. The summed E-state index contributed by atoms with van der Waals surface area (Å²) in [6, 6.07) is 0. The maximum absolute atomic E-state index is 4.33. The Morgan fingerprint density at radius 2 is 2.43 bits per heavy atom. The molecule has 0 N–H and O–H groups in total. The van der Waals surface area contributed by atoms with Gasteiger partial charge in [-0.2, -0.15) is 12.6 Å². The zero-order valence-electron chi connectivity index (χ0n) is 4.43. The van der Waals surface area contributed by atoms with E-state index < -0.39 is 0 Å². The average Bonchev–Trinajstić information content (AvgIpc) is 1.69. The predicted molar refractivity (Wildman–Crippen MR) is 35.5 cm³/mol. The van der Waals surface area contributed by atoms with Crippen molar-refractivity contribution in [3.8, 4) is 0 Å². The Morgan fingerprint density at radius 3 is 2.71 bits per heavy atom. The number of hydrogen-bond donors (Lipinski definition) is 1. The quantitative estimate of drug-likeness (QED) is 0.459. The van der Waals surface area contributed by atoms with Crippen LogP contribution in [0.2, 0.25) is 0 Å². The molecule has 0 aliphatic heterocycles. The van der Waals surface area contributed by atoms with Crippen LogP contribution in [0.3, 0.4) is 0 Å². The van der Waals surface area contributed by atoms with Crippen molar-refractivity contribution in [3.63, 3.8) is 0 Å². The second kappa shape index (κ2) is 2.61. The van der Waals surface area contributed by atoms with E-state index in [0.29, 0.717) is 5.25 Å². The van der Waals surface area contributed by atoms with Crippen molar-refractivity contribution < 1.29 is 0 Å². The lowest BCUT2D eigenvalue weighted by molar-refractivity contribution is 0.609. The first kappa shape index (κ1) is 5.49. The minimum atomic E-state index is 0.675. The fourth-order valence-electron chi connectivity index (χ4n) is 0.926. The van der Waals surface area contributed by atoms with Gasteiger partial charge >= 0.3 is 0 Å². The monoisotopic (exact) mass is 115 g/mol. The van der Waals surface area contributed by atoms with Gasteiger partial charge in [0, 0.05) is 5.25 Å². The molecule has 1 atom stereocenters. The summed E-state index contributed by atoms with van der Waals surface area (Å²) in [5, 5.41) is 0.675. The second-order valence-corrected chi connectivity index (χ2v) is 2.84. The number of rotatable bonds is 0. The van der Waals surface area contributed by atoms with E-state index >= 15 is 0 Å². The lowest BCUT2D eigenvalue weighted by Crippen LogP contribution is -2.04. The van der Waals surface area contributed by atoms with Gasteiger partial charge in [0.2, 0.25) is 0 Å². The average molecular weight is 115 g/mol. The summed E-state index contributed by atoms with van der Waals surface area (Å²) in [5.41, 5.74) is 0. The molecule has 0 aromatic heterocycles. The van der Waals surface area contributed by atoms with Gasteiger partial charge in [-0.15, -0.1) is 0 Å². The van der Waals surface area contributed by atoms with Gasteiger partial charge in [0.15, 0.2) is 0 Å². The second-order valence-electron chi connectivity index (χ2n) is 2.11. The summed E-state index contributed by atoms with van der Waals surface area (Å²) >= 11 is 4.33. The summed E-state index contributed by atoms with van der Waals surface area (Å²) in [7, 11) is 0. The van der Waals surface area contributed by atoms with Crippen molar-refractivity contribution in [2.45, 2.75) is 30.9 Å². The molecule has 0 aromatic rings. The molecule has 41 valence electrons. The summed E-state index contributed by atoms with van der Waals surface area (Å²) in [6.45, 7) is 0. The third kappa shape index (κ3) is 1.72. The number of hydrogen-bond acceptors (Lipinski definition) is 1. The van der Waals surface area contributed by atoms with Gasteiger partial charge in [0.25, 0.3) is 0 Å². The first-order valence-corrected chi connectivity index (χ1v) is 3.41. The van der Waals surface area contributed by atoms with Crippen LogP contribution in [0.1, 0.15) is 25.7 Å². The molecule has 7 heavy (non-hydrogen) atoms. The molecule has 1 aliphatic rings. The van der Waals surface area contributed by atoms with Crippen LogP contribution in [0.5, 0.6) is 0 Å². The van der Waals surface area contributed by atoms with Gasteiger partial charge in [-0.1, -0.05) is 12.8 Å². The normalized spacial score (nSPS) is 25.3. The zero-order chi connectivity index (χ0) is 5.11. The van der Waals surface area contributed by atoms with Crippen LogP contribution < -0.4 is 0 Å². The van der Waals surface area contributed by atoms with E-state index in [9.17, 15) is 0 Å². The molecule has 1 aliphatic carbocycles. The van der Waals surface area contributed by atoms with Gasteiger partial charge < -0.3 is 0 Å². The van der Waals surface area contributed by atoms with Gasteiger partial charge in [-0.05, 0) is 19.3 Å². The van der Waals surface area contributed by atoms with Crippen molar-refractivity contribution in [1.29, 1.82) is 0 Å². The van der Waals surface area contributed by atoms with E-state index in [2.05, 4.69) is 19.0 Å². The molecule has 0 aromatic carbocycles. The Kier molecular flexibility index (Phi) is 2.04. The van der Waals surface area contributed by atoms with Crippen molar-refractivity contribution in [2.75, 3.05) is 0 Å². The van der Waals surface area contributed by atoms with Crippen LogP contribution in [0.25, 0.3) is 0 Å². The molecule has 1 rings (SSSR count). The SMILES string of the molecule is SC1C[CH]CCC1. The van der Waals surface area contributed by atoms with Gasteiger partial charge in [0.05, 0.1) is 0 Å². The molecule has 0 amide bonds. The van der Waals surface area contributed by atoms with Crippen molar-refractivity contribution >= 4 is 12.6 Å². The molecule has 1 radical (unpaired) electrons. The highest BCUT2D eigenvalue weighted by atomic mass is 32.1. The highest BCUT2D eigenvalue weighted by Crippen LogP contribution is 2.20. The molecule has 0 nitrogen and oxygen atoms in total. The lowest BCUT2D eigenvalue weighted by Gasteiger charge is -2.14. The maximum atomic E-state index is 4.33. The van der Waals surface area contributed by atoms with Crippen LogP contribution >= 0.6 is 12.6 Å². The summed E-state index contributed by atoms with van der Waals surface area (Å²) < 4.78 is 0. The Balaban J connectivity index is 2.12. The Labute approximate surface area is 50.7 Å². The maximum Gasteiger partial charge on any atom is 0.00195 e. The molecule has 0 saturated heterocycles. The molecule has 1 fully saturated rings. The zero-order valence-corrected chi connectivity index (χ0v) is 5.32. The van der Waals surface area contributed by atoms with Crippen LogP contribution in [0.4, 0.5) is 0 Å². The molecular formula is C6H11S. The van der Waals surface area contributed by atoms with E-state index in [1.165, 1.54) is 25.7 Å². The molecule has 1 unspecified atom stereocenters. The molecular weight excluding hydrogens is 104 g/mol. The lowest BCUT2D eigenvalue weighted by atomic mass is 10.0. The smallest absolute Gasteiger partial charge is 0.00195 e. The topological polar surface area (TPSA) is 0 Å². The van der Waals surface area contributed by atoms with E-state index in [1.54, 1.807) is 0 Å². The van der Waals surface area contributed by atoms with Crippen LogP contribution in [-0.2, 0) is 0 Å². The molecule has 0 spiro atoms. The standard InChI is InChI=1S/C6H11S/c7-6-4-2-1-3-5-6/h2,6-7H,1,3-5H2. The van der Waals surface area contributed by atoms with E-state index in [4.69, 9.17) is 0 Å². The van der Waals surface area contributed by atoms with Gasteiger partial charge in [-0.3, -0.25) is 0 Å². The molecule has 0 bridgehead atoms. The fraction of sp³-hybridized carbons (Fsp3) is 0.833. The Bertz CT molecular complexity index is 46.1. The molecule has 1 saturated carbocycles. The van der Waals surface area contributed by atoms with Crippen molar-refractivity contribution in [3.05, 3.63) is 6.42 Å². The first-order valence-electron chi connectivity index (χ1n) is 2.89. The van der Waals surface area contributed by atoms with Crippen molar-refractivity contribution in [2.24, 2.45) is 0 Å². The third-order valence-corrected chi connectivity index (χ3v) is 1.85. The van der Waals surface area contributed by atoms with Gasteiger partial charge in [0.1, 0.15) is 0 Å². The minimum absolute atomic E-state index is 0.675. The van der Waals surface area contributed by atoms with Crippen LogP contribution in [0.15, 0.2) is 0 Å². The fourth-order valence-corrected chi connectivity index (χ4v) is 1.26. The van der Waals surface area contributed by atoms with Gasteiger partial charge in [-0.25, -0.2) is 0 Å². The van der Waals surface area contributed by atoms with E-state index in [-0.39, 0.29) is 0 Å². The first-order chi connectivity index (χ1) is 3.39. The predicted octanol–water partition coefficient (Wildman–Crippen LogP) is 2.06. The highest BCUT2D eigenvalue weighted by molar-refractivity contribution is 7.80. The van der Waals surface area contributed by atoms with E-state index in [1.807, 2.05) is 0 Å². The molecule has 0 heterocycles. The van der Waals surface area contributed by atoms with Crippen molar-refractivity contribution in [1.82, 2.24) is 0 Å². The third-order valence-electron chi connectivity index (χ3n) is 1.38. The Hall–Kier alpha value is 0.350. The van der Waals surface area contributed by atoms with Crippen LogP contribution in [0, 0.1) is 6.42 Å². The van der Waals surface area contributed by atoms with Crippen LogP contribution in [-0.4, -0.2) is 5.25 Å². The summed E-state index contributed by atoms with van der Waals surface area (Å²) in [5.74, 6) is 0. The summed E-state index contributed by atoms with van der Waals surface area (Å²) in [4.78, 5) is 0. The largest absolute Gasteiger partial charge is 0.176 e. The number of thiol groups is 1. The highest BCUT2D eigenvalue weighted by Gasteiger charge is 2.07. The minimum Gasteiger partial charge on any atom is -0.176 e. The molecule has 1 heteroatoms. The van der Waals surface area contributed by atoms with E-state index in [0.717, 1.165) is 0 Å².